The summed E-state index contributed by atoms with van der Waals surface area (Å²) in [5.41, 5.74) is 1.08. The lowest BCUT2D eigenvalue weighted by Gasteiger charge is -2.22. The van der Waals surface area contributed by atoms with E-state index in [1.807, 2.05) is 39.8 Å². The zero-order valence-corrected chi connectivity index (χ0v) is 12.1. The van der Waals surface area contributed by atoms with Crippen molar-refractivity contribution in [1.82, 2.24) is 5.32 Å². The van der Waals surface area contributed by atoms with Gasteiger partial charge >= 0.3 is 6.09 Å². The smallest absolute Gasteiger partial charge is 0.408 e. The van der Waals surface area contributed by atoms with E-state index in [4.69, 9.17) is 4.74 Å². The first-order chi connectivity index (χ1) is 8.69. The van der Waals surface area contributed by atoms with Crippen LogP contribution in [0.5, 0.6) is 0 Å². The highest BCUT2D eigenvalue weighted by Crippen LogP contribution is 2.15. The monoisotopic (exact) mass is 263 g/mol. The number of rotatable bonds is 3. The molecule has 1 aromatic rings. The van der Waals surface area contributed by atoms with Crippen LogP contribution in [0.1, 0.15) is 56.6 Å². The van der Waals surface area contributed by atoms with Gasteiger partial charge in [-0.25, -0.2) is 4.79 Å². The molecule has 0 aromatic heterocycles. The van der Waals surface area contributed by atoms with Gasteiger partial charge < -0.3 is 10.1 Å². The number of benzene rings is 1. The van der Waals surface area contributed by atoms with Crippen molar-refractivity contribution in [2.75, 3.05) is 0 Å². The predicted molar refractivity (Wildman–Crippen MR) is 74.2 cm³/mol. The van der Waals surface area contributed by atoms with Gasteiger partial charge in [0.1, 0.15) is 5.60 Å². The summed E-state index contributed by atoms with van der Waals surface area (Å²) < 4.78 is 5.19. The Labute approximate surface area is 114 Å². The van der Waals surface area contributed by atoms with Crippen LogP contribution >= 0.6 is 0 Å². The van der Waals surface area contributed by atoms with E-state index >= 15 is 0 Å². The van der Waals surface area contributed by atoms with Crippen molar-refractivity contribution in [3.8, 4) is 0 Å². The van der Waals surface area contributed by atoms with Gasteiger partial charge in [-0.2, -0.15) is 0 Å². The molecular formula is C15H21NO3. The van der Waals surface area contributed by atoms with E-state index in [-0.39, 0.29) is 11.8 Å². The van der Waals surface area contributed by atoms with Gasteiger partial charge in [0.25, 0.3) is 0 Å². The van der Waals surface area contributed by atoms with Crippen LogP contribution in [0.2, 0.25) is 0 Å². The highest BCUT2D eigenvalue weighted by Gasteiger charge is 2.18. The van der Waals surface area contributed by atoms with E-state index in [1.165, 1.54) is 6.92 Å². The number of amides is 1. The zero-order valence-electron chi connectivity index (χ0n) is 12.1. The maximum Gasteiger partial charge on any atom is 0.408 e. The van der Waals surface area contributed by atoms with Crippen LogP contribution in [0.25, 0.3) is 0 Å². The molecular weight excluding hydrogens is 242 g/mol. The van der Waals surface area contributed by atoms with E-state index in [1.54, 1.807) is 12.1 Å². The lowest BCUT2D eigenvalue weighted by molar-refractivity contribution is 0.0507. The van der Waals surface area contributed by atoms with Crippen LogP contribution in [0.4, 0.5) is 4.79 Å². The summed E-state index contributed by atoms with van der Waals surface area (Å²) in [6.07, 6.45) is -0.448. The SMILES string of the molecule is CC(=O)c1ccc([C@@H](C)NC(=O)OC(C)(C)C)cc1. The van der Waals surface area contributed by atoms with Crippen LogP contribution in [-0.2, 0) is 4.74 Å². The molecule has 0 saturated carbocycles. The molecule has 1 rings (SSSR count). The van der Waals surface area contributed by atoms with Gasteiger partial charge in [-0.3, -0.25) is 4.79 Å². The summed E-state index contributed by atoms with van der Waals surface area (Å²) in [4.78, 5) is 22.8. The lowest BCUT2D eigenvalue weighted by atomic mass is 10.0. The second-order valence-corrected chi connectivity index (χ2v) is 5.55. The van der Waals surface area contributed by atoms with Crippen LogP contribution in [0.3, 0.4) is 0 Å². The number of hydrogen-bond donors (Lipinski definition) is 1. The molecule has 0 unspecified atom stereocenters. The average Bonchev–Trinajstić information content (AvgIpc) is 2.26. The van der Waals surface area contributed by atoms with Crippen molar-refractivity contribution in [1.29, 1.82) is 0 Å². The average molecular weight is 263 g/mol. The molecule has 19 heavy (non-hydrogen) atoms. The Kier molecular flexibility index (Phi) is 4.70. The molecule has 1 aromatic carbocycles. The predicted octanol–water partition coefficient (Wildman–Crippen LogP) is 3.47. The Bertz CT molecular complexity index is 457. The summed E-state index contributed by atoms with van der Waals surface area (Å²) in [6, 6.07) is 7.00. The number of carbonyl (C=O) groups excluding carboxylic acids is 2. The van der Waals surface area contributed by atoms with Crippen molar-refractivity contribution < 1.29 is 14.3 Å². The van der Waals surface area contributed by atoms with Crippen LogP contribution < -0.4 is 5.32 Å². The van der Waals surface area contributed by atoms with Crippen LogP contribution in [0.15, 0.2) is 24.3 Å². The van der Waals surface area contributed by atoms with Gasteiger partial charge in [0.05, 0.1) is 6.04 Å². The molecule has 1 N–H and O–H groups in total. The fraction of sp³-hybridized carbons (Fsp3) is 0.467. The van der Waals surface area contributed by atoms with Crippen molar-refractivity contribution in [2.24, 2.45) is 0 Å². The first kappa shape index (κ1) is 15.2. The van der Waals surface area contributed by atoms with Crippen molar-refractivity contribution in [3.63, 3.8) is 0 Å². The number of carbonyl (C=O) groups is 2. The summed E-state index contributed by atoms with van der Waals surface area (Å²) >= 11 is 0. The number of hydrogen-bond acceptors (Lipinski definition) is 3. The summed E-state index contributed by atoms with van der Waals surface area (Å²) in [7, 11) is 0. The number of ether oxygens (including phenoxy) is 1. The summed E-state index contributed by atoms with van der Waals surface area (Å²) in [5, 5.41) is 2.76. The molecule has 4 heteroatoms. The Morgan fingerprint density at radius 3 is 2.11 bits per heavy atom. The van der Waals surface area contributed by atoms with E-state index in [2.05, 4.69) is 5.32 Å². The molecule has 0 aliphatic rings. The minimum absolute atomic E-state index is 0.0271. The maximum atomic E-state index is 11.6. The normalized spacial score (nSPS) is 12.7. The molecule has 4 nitrogen and oxygen atoms in total. The molecule has 1 atom stereocenters. The molecule has 0 radical (unpaired) electrons. The maximum absolute atomic E-state index is 11.6. The molecule has 104 valence electrons. The fourth-order valence-corrected chi connectivity index (χ4v) is 1.57. The van der Waals surface area contributed by atoms with Crippen molar-refractivity contribution >= 4 is 11.9 Å². The Morgan fingerprint density at radius 1 is 1.16 bits per heavy atom. The van der Waals surface area contributed by atoms with E-state index in [0.29, 0.717) is 5.56 Å². The first-order valence-electron chi connectivity index (χ1n) is 6.29. The topological polar surface area (TPSA) is 55.4 Å². The third-order valence-corrected chi connectivity index (χ3v) is 2.55. The van der Waals surface area contributed by atoms with E-state index < -0.39 is 11.7 Å². The zero-order chi connectivity index (χ0) is 14.6. The third kappa shape index (κ3) is 5.12. The quantitative estimate of drug-likeness (QED) is 0.849. The van der Waals surface area contributed by atoms with Gasteiger partial charge in [0.2, 0.25) is 0 Å². The fourth-order valence-electron chi connectivity index (χ4n) is 1.57. The second kappa shape index (κ2) is 5.87. The molecule has 0 spiro atoms. The van der Waals surface area contributed by atoms with Crippen LogP contribution in [0, 0.1) is 0 Å². The molecule has 1 amide bonds. The molecule has 0 saturated heterocycles. The summed E-state index contributed by atoms with van der Waals surface area (Å²) in [6.45, 7) is 8.85. The van der Waals surface area contributed by atoms with E-state index in [0.717, 1.165) is 5.56 Å². The number of ketones is 1. The molecule has 0 heterocycles. The minimum Gasteiger partial charge on any atom is -0.444 e. The molecule has 0 fully saturated rings. The number of nitrogens with one attached hydrogen (secondary N) is 1. The standard InChI is InChI=1S/C15H21NO3/c1-10(16-14(18)19-15(3,4)5)12-6-8-13(9-7-12)11(2)17/h6-10H,1-5H3,(H,16,18)/t10-/m1/s1. The third-order valence-electron chi connectivity index (χ3n) is 2.55. The van der Waals surface area contributed by atoms with Gasteiger partial charge in [-0.05, 0) is 40.2 Å². The Hall–Kier alpha value is -1.84. The summed E-state index contributed by atoms with van der Waals surface area (Å²) in [5.74, 6) is 0.0271. The number of alkyl carbamates (subject to hydrolysis) is 1. The van der Waals surface area contributed by atoms with Gasteiger partial charge in [0.15, 0.2) is 5.78 Å². The largest absolute Gasteiger partial charge is 0.444 e. The van der Waals surface area contributed by atoms with Gasteiger partial charge in [-0.15, -0.1) is 0 Å². The molecule has 0 aliphatic heterocycles. The van der Waals surface area contributed by atoms with E-state index in [9.17, 15) is 9.59 Å². The first-order valence-corrected chi connectivity index (χ1v) is 6.29. The van der Waals surface area contributed by atoms with Crippen LogP contribution in [-0.4, -0.2) is 17.5 Å². The molecule has 0 bridgehead atoms. The van der Waals surface area contributed by atoms with Crippen molar-refractivity contribution in [2.45, 2.75) is 46.3 Å². The van der Waals surface area contributed by atoms with Crippen molar-refractivity contribution in [3.05, 3.63) is 35.4 Å². The Morgan fingerprint density at radius 2 is 1.68 bits per heavy atom. The second-order valence-electron chi connectivity index (χ2n) is 5.55. The highest BCUT2D eigenvalue weighted by molar-refractivity contribution is 5.94. The highest BCUT2D eigenvalue weighted by atomic mass is 16.6. The molecule has 0 aliphatic carbocycles. The lowest BCUT2D eigenvalue weighted by Crippen LogP contribution is -2.34. The number of Topliss-reactive ketones (excluding diaryl/α,β-unsaturated/α-hetero) is 1. The minimum atomic E-state index is -0.512. The van der Waals surface area contributed by atoms with Gasteiger partial charge in [-0.1, -0.05) is 24.3 Å². The van der Waals surface area contributed by atoms with Gasteiger partial charge in [0, 0.05) is 5.56 Å². The Balaban J connectivity index is 2.65.